The van der Waals surface area contributed by atoms with E-state index in [2.05, 4.69) is 11.8 Å². The predicted octanol–water partition coefficient (Wildman–Crippen LogP) is 0.979. The molecule has 2 aliphatic rings. The maximum Gasteiger partial charge on any atom is 0.0674 e. The normalized spacial score (nSPS) is 33.4. The lowest BCUT2D eigenvalue weighted by atomic mass is 9.94. The predicted molar refractivity (Wildman–Crippen MR) is 57.2 cm³/mol. The van der Waals surface area contributed by atoms with Gasteiger partial charge >= 0.3 is 0 Å². The highest BCUT2D eigenvalue weighted by atomic mass is 16.5. The highest BCUT2D eigenvalue weighted by molar-refractivity contribution is 4.97. The Balaban J connectivity index is 2.03. The van der Waals surface area contributed by atoms with Gasteiger partial charge < -0.3 is 10.5 Å². The molecule has 82 valence electrons. The second kappa shape index (κ2) is 4.17. The number of rotatable bonds is 2. The maximum absolute atomic E-state index is 5.96. The Morgan fingerprint density at radius 1 is 1.43 bits per heavy atom. The van der Waals surface area contributed by atoms with E-state index in [9.17, 15) is 0 Å². The molecule has 14 heavy (non-hydrogen) atoms. The van der Waals surface area contributed by atoms with Gasteiger partial charge in [0.1, 0.15) is 0 Å². The highest BCUT2D eigenvalue weighted by Gasteiger charge is 2.39. The van der Waals surface area contributed by atoms with Crippen LogP contribution in [0.25, 0.3) is 0 Å². The number of ether oxygens (including phenoxy) is 1. The van der Waals surface area contributed by atoms with E-state index in [-0.39, 0.29) is 0 Å². The van der Waals surface area contributed by atoms with Crippen LogP contribution in [0.4, 0.5) is 0 Å². The smallest absolute Gasteiger partial charge is 0.0674 e. The Morgan fingerprint density at radius 2 is 2.14 bits per heavy atom. The fraction of sp³-hybridized carbons (Fsp3) is 1.00. The maximum atomic E-state index is 5.96. The Hall–Kier alpha value is -0.120. The van der Waals surface area contributed by atoms with Crippen molar-refractivity contribution in [3.63, 3.8) is 0 Å². The molecule has 1 aliphatic carbocycles. The van der Waals surface area contributed by atoms with Crippen molar-refractivity contribution in [3.8, 4) is 0 Å². The SMILES string of the molecule is CC1CN(C2(CN)CCCC2)CCO1. The molecule has 0 aromatic heterocycles. The van der Waals surface area contributed by atoms with Crippen LogP contribution < -0.4 is 5.73 Å². The summed E-state index contributed by atoms with van der Waals surface area (Å²) in [6.07, 6.45) is 5.66. The summed E-state index contributed by atoms with van der Waals surface area (Å²) in [7, 11) is 0. The molecule has 3 nitrogen and oxygen atoms in total. The van der Waals surface area contributed by atoms with Crippen LogP contribution in [-0.4, -0.2) is 42.8 Å². The second-order valence-corrected chi connectivity index (χ2v) is 4.76. The lowest BCUT2D eigenvalue weighted by Crippen LogP contribution is -2.57. The Kier molecular flexibility index (Phi) is 3.10. The number of hydrogen-bond donors (Lipinski definition) is 1. The van der Waals surface area contributed by atoms with E-state index in [0.29, 0.717) is 11.6 Å². The average Bonchev–Trinajstić information content (AvgIpc) is 2.67. The fourth-order valence-corrected chi connectivity index (χ4v) is 2.93. The first-order chi connectivity index (χ1) is 6.77. The summed E-state index contributed by atoms with van der Waals surface area (Å²) in [6.45, 7) is 5.99. The van der Waals surface area contributed by atoms with Gasteiger partial charge in [0.25, 0.3) is 0 Å². The van der Waals surface area contributed by atoms with Crippen LogP contribution in [0.1, 0.15) is 32.6 Å². The number of morpholine rings is 1. The first-order valence-corrected chi connectivity index (χ1v) is 5.83. The lowest BCUT2D eigenvalue weighted by Gasteiger charge is -2.44. The van der Waals surface area contributed by atoms with Crippen LogP contribution in [0.2, 0.25) is 0 Å². The van der Waals surface area contributed by atoms with Crippen LogP contribution in [0, 0.1) is 0 Å². The number of nitrogens with zero attached hydrogens (tertiary/aromatic N) is 1. The van der Waals surface area contributed by atoms with Crippen molar-refractivity contribution >= 4 is 0 Å². The van der Waals surface area contributed by atoms with E-state index in [4.69, 9.17) is 10.5 Å². The fourth-order valence-electron chi connectivity index (χ4n) is 2.93. The van der Waals surface area contributed by atoms with E-state index in [1.807, 2.05) is 0 Å². The molecular formula is C11H22N2O. The Labute approximate surface area is 86.6 Å². The van der Waals surface area contributed by atoms with E-state index in [0.717, 1.165) is 26.2 Å². The molecule has 0 bridgehead atoms. The highest BCUT2D eigenvalue weighted by Crippen LogP contribution is 2.35. The van der Waals surface area contributed by atoms with Crippen molar-refractivity contribution in [2.24, 2.45) is 5.73 Å². The van der Waals surface area contributed by atoms with Gasteiger partial charge in [0.15, 0.2) is 0 Å². The van der Waals surface area contributed by atoms with Crippen LogP contribution in [0.3, 0.4) is 0 Å². The molecule has 1 saturated carbocycles. The summed E-state index contributed by atoms with van der Waals surface area (Å²) >= 11 is 0. The molecule has 0 amide bonds. The zero-order valence-electron chi connectivity index (χ0n) is 9.17. The molecule has 0 radical (unpaired) electrons. The summed E-state index contributed by atoms with van der Waals surface area (Å²) in [5, 5.41) is 0. The molecule has 2 N–H and O–H groups in total. The molecule has 2 fully saturated rings. The molecule has 3 heteroatoms. The summed E-state index contributed by atoms with van der Waals surface area (Å²) in [4.78, 5) is 2.58. The van der Waals surface area contributed by atoms with Gasteiger partial charge in [-0.3, -0.25) is 4.90 Å². The van der Waals surface area contributed by atoms with Crippen molar-refractivity contribution in [1.29, 1.82) is 0 Å². The van der Waals surface area contributed by atoms with E-state index >= 15 is 0 Å². The van der Waals surface area contributed by atoms with Crippen LogP contribution in [0.5, 0.6) is 0 Å². The zero-order chi connectivity index (χ0) is 10.0. The minimum absolute atomic E-state index is 0.318. The van der Waals surface area contributed by atoms with Gasteiger partial charge in [-0.25, -0.2) is 0 Å². The van der Waals surface area contributed by atoms with Crippen molar-refractivity contribution in [2.75, 3.05) is 26.2 Å². The van der Waals surface area contributed by atoms with Crippen molar-refractivity contribution in [3.05, 3.63) is 0 Å². The molecule has 1 unspecified atom stereocenters. The van der Waals surface area contributed by atoms with Gasteiger partial charge in [0.05, 0.1) is 12.7 Å². The monoisotopic (exact) mass is 198 g/mol. The minimum Gasteiger partial charge on any atom is -0.376 e. The van der Waals surface area contributed by atoms with E-state index < -0.39 is 0 Å². The van der Waals surface area contributed by atoms with Crippen molar-refractivity contribution in [2.45, 2.75) is 44.2 Å². The van der Waals surface area contributed by atoms with Gasteiger partial charge in [0, 0.05) is 25.2 Å². The molecule has 0 aromatic rings. The molecular weight excluding hydrogens is 176 g/mol. The summed E-state index contributed by atoms with van der Waals surface area (Å²) in [5.74, 6) is 0. The third-order valence-corrected chi connectivity index (χ3v) is 3.83. The number of nitrogens with two attached hydrogens (primary N) is 1. The molecule has 1 saturated heterocycles. The van der Waals surface area contributed by atoms with Gasteiger partial charge in [-0.1, -0.05) is 12.8 Å². The van der Waals surface area contributed by atoms with Crippen molar-refractivity contribution in [1.82, 2.24) is 4.90 Å². The number of hydrogen-bond acceptors (Lipinski definition) is 3. The van der Waals surface area contributed by atoms with Gasteiger partial charge in [-0.05, 0) is 19.8 Å². The van der Waals surface area contributed by atoms with Gasteiger partial charge in [0.2, 0.25) is 0 Å². The summed E-state index contributed by atoms with van der Waals surface area (Å²) in [6, 6.07) is 0. The third-order valence-electron chi connectivity index (χ3n) is 3.83. The molecule has 1 aliphatic heterocycles. The van der Waals surface area contributed by atoms with Crippen LogP contribution >= 0.6 is 0 Å². The van der Waals surface area contributed by atoms with E-state index in [1.165, 1.54) is 25.7 Å². The second-order valence-electron chi connectivity index (χ2n) is 4.76. The van der Waals surface area contributed by atoms with Crippen molar-refractivity contribution < 1.29 is 4.74 Å². The lowest BCUT2D eigenvalue weighted by molar-refractivity contribution is -0.0591. The molecule has 0 aromatic carbocycles. The molecule has 1 heterocycles. The third kappa shape index (κ3) is 1.81. The molecule has 0 spiro atoms. The first kappa shape index (κ1) is 10.4. The van der Waals surface area contributed by atoms with Crippen LogP contribution in [-0.2, 0) is 4.74 Å². The zero-order valence-corrected chi connectivity index (χ0v) is 9.17. The van der Waals surface area contributed by atoms with Gasteiger partial charge in [-0.2, -0.15) is 0 Å². The van der Waals surface area contributed by atoms with Crippen LogP contribution in [0.15, 0.2) is 0 Å². The molecule has 1 atom stereocenters. The minimum atomic E-state index is 0.318. The Morgan fingerprint density at radius 3 is 2.71 bits per heavy atom. The standard InChI is InChI=1S/C11H22N2O/c1-10-8-13(6-7-14-10)11(9-12)4-2-3-5-11/h10H,2-9,12H2,1H3. The topological polar surface area (TPSA) is 38.5 Å². The average molecular weight is 198 g/mol. The largest absolute Gasteiger partial charge is 0.376 e. The summed E-state index contributed by atoms with van der Waals surface area (Å²) < 4.78 is 5.57. The Bertz CT molecular complexity index is 190. The first-order valence-electron chi connectivity index (χ1n) is 5.83. The summed E-state index contributed by atoms with van der Waals surface area (Å²) in [5.41, 5.74) is 6.28. The van der Waals surface area contributed by atoms with E-state index in [1.54, 1.807) is 0 Å². The quantitative estimate of drug-likeness (QED) is 0.719. The molecule has 2 rings (SSSR count). The van der Waals surface area contributed by atoms with Gasteiger partial charge in [-0.15, -0.1) is 0 Å².